The first-order chi connectivity index (χ1) is 19.2. The second-order valence-electron chi connectivity index (χ2n) is 8.24. The number of ether oxygens (including phenoxy) is 5. The summed E-state index contributed by atoms with van der Waals surface area (Å²) in [6, 6.07) is 7.17. The highest BCUT2D eigenvalue weighted by Gasteiger charge is 2.32. The van der Waals surface area contributed by atoms with E-state index in [0.717, 1.165) is 4.47 Å². The van der Waals surface area contributed by atoms with Gasteiger partial charge in [-0.15, -0.1) is 0 Å². The Morgan fingerprint density at radius 1 is 1.05 bits per heavy atom. The normalized spacial score (nSPS) is 14.8. The van der Waals surface area contributed by atoms with E-state index in [1.165, 1.54) is 20.4 Å². The Morgan fingerprint density at radius 2 is 1.80 bits per heavy atom. The Labute approximate surface area is 240 Å². The van der Waals surface area contributed by atoms with Crippen molar-refractivity contribution in [3.05, 3.63) is 57.2 Å². The molecule has 2 aromatic carbocycles. The van der Waals surface area contributed by atoms with Crippen LogP contribution >= 0.6 is 15.9 Å². The molecule has 3 N–H and O–H groups in total. The number of allylic oxidation sites excluding steroid dienone is 1. The van der Waals surface area contributed by atoms with Crippen LogP contribution < -0.4 is 35.0 Å². The third kappa shape index (κ3) is 7.44. The number of nitrogens with zero attached hydrogens (tertiary/aromatic N) is 1. The Balaban J connectivity index is 1.71. The van der Waals surface area contributed by atoms with Crippen LogP contribution in [0.25, 0.3) is 0 Å². The molecule has 1 aliphatic heterocycles. The number of hydrazone groups is 1. The highest BCUT2D eigenvalue weighted by Crippen LogP contribution is 2.35. The maximum atomic E-state index is 12.6. The van der Waals surface area contributed by atoms with Gasteiger partial charge in [-0.1, -0.05) is 22.0 Å². The maximum Gasteiger partial charge on any atom is 0.338 e. The predicted octanol–water partition coefficient (Wildman–Crippen LogP) is 3.59. The van der Waals surface area contributed by atoms with Crippen molar-refractivity contribution in [3.63, 3.8) is 0 Å². The van der Waals surface area contributed by atoms with Crippen LogP contribution in [-0.2, 0) is 14.3 Å². The molecule has 0 saturated carbocycles. The first kappa shape index (κ1) is 30.3. The zero-order valence-corrected chi connectivity index (χ0v) is 24.3. The van der Waals surface area contributed by atoms with Crippen molar-refractivity contribution in [1.82, 2.24) is 16.1 Å². The van der Waals surface area contributed by atoms with Crippen LogP contribution in [0.2, 0.25) is 0 Å². The summed E-state index contributed by atoms with van der Waals surface area (Å²) in [4.78, 5) is 37.1. The summed E-state index contributed by atoms with van der Waals surface area (Å²) in [7, 11) is 2.97. The standard InChI is InChI=1S/C27H31BrN4O8/c1-6-38-25-17(10-18(28)12-21(25)37-5)13-29-32-22(33)14-40-19-9-8-16(11-20(19)36-4)24-23(26(34)39-7-2)15(3)30-27(35)31-24/h8-13,24H,6-7,14H2,1-5H3,(H,32,33)(H2,30,31,35)/b29-13+/t24-/m0/s1. The van der Waals surface area contributed by atoms with Crippen LogP contribution in [0.4, 0.5) is 4.79 Å². The predicted molar refractivity (Wildman–Crippen MR) is 150 cm³/mol. The van der Waals surface area contributed by atoms with Crippen LogP contribution in [0.5, 0.6) is 23.0 Å². The van der Waals surface area contributed by atoms with Gasteiger partial charge in [0.2, 0.25) is 0 Å². The SMILES string of the molecule is CCOC(=O)C1=C(C)NC(=O)N[C@H]1c1ccc(OCC(=O)N/N=C/c2cc(Br)cc(OC)c2OCC)c(OC)c1. The summed E-state index contributed by atoms with van der Waals surface area (Å²) >= 11 is 3.41. The van der Waals surface area contributed by atoms with Crippen molar-refractivity contribution in [2.75, 3.05) is 34.0 Å². The van der Waals surface area contributed by atoms with Gasteiger partial charge in [0.25, 0.3) is 5.91 Å². The molecule has 0 bridgehead atoms. The third-order valence-electron chi connectivity index (χ3n) is 5.59. The molecule has 0 radical (unpaired) electrons. The lowest BCUT2D eigenvalue weighted by Gasteiger charge is -2.28. The van der Waals surface area contributed by atoms with E-state index in [4.69, 9.17) is 23.7 Å². The van der Waals surface area contributed by atoms with Crippen molar-refractivity contribution in [2.45, 2.75) is 26.8 Å². The van der Waals surface area contributed by atoms with E-state index in [1.54, 1.807) is 44.2 Å². The van der Waals surface area contributed by atoms with Gasteiger partial charge in [-0.2, -0.15) is 5.10 Å². The van der Waals surface area contributed by atoms with E-state index in [0.29, 0.717) is 40.7 Å². The van der Waals surface area contributed by atoms with E-state index in [2.05, 4.69) is 37.1 Å². The van der Waals surface area contributed by atoms with Gasteiger partial charge < -0.3 is 34.3 Å². The lowest BCUT2D eigenvalue weighted by Crippen LogP contribution is -2.45. The Kier molecular flexibility index (Phi) is 10.8. The van der Waals surface area contributed by atoms with Gasteiger partial charge in [0.15, 0.2) is 29.6 Å². The number of benzene rings is 2. The molecule has 0 saturated heterocycles. The zero-order chi connectivity index (χ0) is 29.2. The van der Waals surface area contributed by atoms with Gasteiger partial charge >= 0.3 is 12.0 Å². The van der Waals surface area contributed by atoms with Crippen molar-refractivity contribution in [2.24, 2.45) is 5.10 Å². The summed E-state index contributed by atoms with van der Waals surface area (Å²) in [5, 5.41) is 9.31. The number of carbonyl (C=O) groups excluding carboxylic acids is 3. The molecule has 2 aromatic rings. The average molecular weight is 619 g/mol. The number of hydrogen-bond donors (Lipinski definition) is 3. The molecule has 1 atom stereocenters. The molecule has 0 aromatic heterocycles. The summed E-state index contributed by atoms with van der Waals surface area (Å²) in [5.74, 6) is 0.518. The number of esters is 1. The second-order valence-corrected chi connectivity index (χ2v) is 9.16. The van der Waals surface area contributed by atoms with Crippen LogP contribution in [0.1, 0.15) is 37.9 Å². The molecule has 1 heterocycles. The topological polar surface area (TPSA) is 146 Å². The van der Waals surface area contributed by atoms with Crippen LogP contribution in [0.3, 0.4) is 0 Å². The number of nitrogens with one attached hydrogen (secondary N) is 3. The lowest BCUT2D eigenvalue weighted by molar-refractivity contribution is -0.139. The van der Waals surface area contributed by atoms with Crippen molar-refractivity contribution in [1.29, 1.82) is 0 Å². The molecule has 0 spiro atoms. The van der Waals surface area contributed by atoms with Crippen LogP contribution in [-0.4, -0.2) is 58.2 Å². The number of rotatable bonds is 12. The summed E-state index contributed by atoms with van der Waals surface area (Å²) in [6.07, 6.45) is 1.44. The van der Waals surface area contributed by atoms with Gasteiger partial charge in [0, 0.05) is 15.7 Å². The molecule has 40 heavy (non-hydrogen) atoms. The van der Waals surface area contributed by atoms with Gasteiger partial charge in [-0.25, -0.2) is 15.0 Å². The van der Waals surface area contributed by atoms with E-state index in [-0.39, 0.29) is 24.5 Å². The number of hydrogen-bond acceptors (Lipinski definition) is 9. The molecule has 3 amide bonds. The molecule has 0 aliphatic carbocycles. The van der Waals surface area contributed by atoms with Gasteiger partial charge in [-0.05, 0) is 50.6 Å². The fourth-order valence-electron chi connectivity index (χ4n) is 3.89. The Morgan fingerprint density at radius 3 is 2.48 bits per heavy atom. The molecule has 0 unspecified atom stereocenters. The molecule has 13 heteroatoms. The van der Waals surface area contributed by atoms with Crippen molar-refractivity contribution < 1.29 is 38.1 Å². The fourth-order valence-corrected chi connectivity index (χ4v) is 4.35. The van der Waals surface area contributed by atoms with E-state index in [9.17, 15) is 14.4 Å². The first-order valence-electron chi connectivity index (χ1n) is 12.3. The van der Waals surface area contributed by atoms with Crippen LogP contribution in [0.15, 0.2) is 51.2 Å². The molecular formula is C27H31BrN4O8. The minimum atomic E-state index is -0.772. The number of methoxy groups -OCH3 is 2. The van der Waals surface area contributed by atoms with Gasteiger partial charge in [0.05, 0.1) is 45.3 Å². The largest absolute Gasteiger partial charge is 0.493 e. The Hall–Kier alpha value is -4.26. The average Bonchev–Trinajstić information content (AvgIpc) is 2.92. The molecular weight excluding hydrogens is 588 g/mol. The summed E-state index contributed by atoms with van der Waals surface area (Å²) < 4.78 is 28.0. The zero-order valence-electron chi connectivity index (χ0n) is 22.8. The Bertz CT molecular complexity index is 1330. The number of urea groups is 1. The molecule has 12 nitrogen and oxygen atoms in total. The van der Waals surface area contributed by atoms with Gasteiger partial charge in [0.1, 0.15) is 0 Å². The van der Waals surface area contributed by atoms with E-state index >= 15 is 0 Å². The van der Waals surface area contributed by atoms with Crippen molar-refractivity contribution in [3.8, 4) is 23.0 Å². The lowest BCUT2D eigenvalue weighted by atomic mass is 9.95. The number of halogens is 1. The minimum Gasteiger partial charge on any atom is -0.493 e. The number of carbonyl (C=O) groups is 3. The summed E-state index contributed by atoms with van der Waals surface area (Å²) in [6.45, 7) is 5.42. The first-order valence-corrected chi connectivity index (χ1v) is 13.1. The minimum absolute atomic E-state index is 0.184. The maximum absolute atomic E-state index is 12.6. The smallest absolute Gasteiger partial charge is 0.338 e. The van der Waals surface area contributed by atoms with Crippen LogP contribution in [0, 0.1) is 0 Å². The van der Waals surface area contributed by atoms with E-state index in [1.807, 2.05) is 6.92 Å². The highest BCUT2D eigenvalue weighted by atomic mass is 79.9. The second kappa shape index (κ2) is 14.2. The summed E-state index contributed by atoms with van der Waals surface area (Å²) in [5.41, 5.74) is 4.23. The van der Waals surface area contributed by atoms with E-state index < -0.39 is 23.9 Å². The monoisotopic (exact) mass is 618 g/mol. The highest BCUT2D eigenvalue weighted by molar-refractivity contribution is 9.10. The number of amides is 3. The molecule has 214 valence electrons. The van der Waals surface area contributed by atoms with Gasteiger partial charge in [-0.3, -0.25) is 4.79 Å². The van der Waals surface area contributed by atoms with Crippen molar-refractivity contribution >= 4 is 40.1 Å². The quantitative estimate of drug-likeness (QED) is 0.186. The molecule has 3 rings (SSSR count). The molecule has 0 fully saturated rings. The molecule has 1 aliphatic rings. The fraction of sp³-hybridized carbons (Fsp3) is 0.333. The third-order valence-corrected chi connectivity index (χ3v) is 6.05.